The molecule has 0 saturated carbocycles. The molecule has 2 aromatic rings. The van der Waals surface area contributed by atoms with Crippen molar-refractivity contribution in [2.24, 2.45) is 0 Å². The van der Waals surface area contributed by atoms with E-state index in [1.54, 1.807) is 11.8 Å². The van der Waals surface area contributed by atoms with Gasteiger partial charge in [-0.3, -0.25) is 19.1 Å². The second kappa shape index (κ2) is 8.58. The monoisotopic (exact) mass is 446 g/mol. The van der Waals surface area contributed by atoms with E-state index in [0.717, 1.165) is 29.0 Å². The normalized spacial score (nSPS) is 16.9. The highest BCUT2D eigenvalue weighted by Crippen LogP contribution is 2.36. The zero-order valence-electron chi connectivity index (χ0n) is 17.5. The average Bonchev–Trinajstić information content (AvgIpc) is 3.21. The van der Waals surface area contributed by atoms with E-state index < -0.39 is 22.9 Å². The van der Waals surface area contributed by atoms with Crippen molar-refractivity contribution >= 4 is 17.5 Å². The van der Waals surface area contributed by atoms with Gasteiger partial charge < -0.3 is 4.90 Å². The Bertz CT molecular complexity index is 914. The number of alkyl halides is 3. The lowest BCUT2D eigenvalue weighted by Crippen LogP contribution is -2.50. The number of amides is 1. The molecule has 30 heavy (non-hydrogen) atoms. The summed E-state index contributed by atoms with van der Waals surface area (Å²) in [5.74, 6) is -0.263. The molecular weight excluding hydrogens is 421 g/mol. The van der Waals surface area contributed by atoms with Gasteiger partial charge in [0, 0.05) is 50.5 Å². The first kappa shape index (κ1) is 22.6. The molecule has 0 aliphatic carbocycles. The number of hydrogen-bond acceptors (Lipinski definition) is 4. The molecule has 0 unspecified atom stereocenters. The fraction of sp³-hybridized carbons (Fsp3) is 0.632. The fourth-order valence-electron chi connectivity index (χ4n) is 3.75. The molecule has 1 amide bonds. The lowest BCUT2D eigenvalue weighted by atomic mass is 10.2. The van der Waals surface area contributed by atoms with Crippen molar-refractivity contribution in [3.05, 3.63) is 33.9 Å². The molecule has 0 radical (unpaired) electrons. The summed E-state index contributed by atoms with van der Waals surface area (Å²) in [7, 11) is 0. The molecule has 0 N–H and O–H groups in total. The molecule has 11 heteroatoms. The number of hydrogen-bond donors (Lipinski definition) is 0. The average molecular weight is 447 g/mol. The standard InChI is InChI=1S/C19H26ClF3N6O/c1-5-28-12(2)15(10-24-28)11-26-6-8-27(9-7-26)18(30)14(4)29-13(3)16(20)17(25-29)19(21,22)23/h10,14H,5-9,11H2,1-4H3/t14-/m1/s1. The molecule has 0 spiro atoms. The van der Waals surface area contributed by atoms with E-state index in [0.29, 0.717) is 26.2 Å². The highest BCUT2D eigenvalue weighted by atomic mass is 35.5. The molecule has 2 aromatic heterocycles. The molecule has 1 aliphatic heterocycles. The number of carbonyl (C=O) groups is 1. The van der Waals surface area contributed by atoms with Crippen LogP contribution in [0.15, 0.2) is 6.20 Å². The van der Waals surface area contributed by atoms with Crippen LogP contribution in [0.2, 0.25) is 5.02 Å². The third-order valence-corrected chi connectivity index (χ3v) is 6.10. The van der Waals surface area contributed by atoms with Crippen LogP contribution in [0, 0.1) is 13.8 Å². The van der Waals surface area contributed by atoms with Gasteiger partial charge in [-0.15, -0.1) is 0 Å². The minimum absolute atomic E-state index is 0.131. The van der Waals surface area contributed by atoms with Gasteiger partial charge in [0.25, 0.3) is 0 Å². The highest BCUT2D eigenvalue weighted by molar-refractivity contribution is 6.32. The van der Waals surface area contributed by atoms with Crippen molar-refractivity contribution in [1.29, 1.82) is 0 Å². The van der Waals surface area contributed by atoms with E-state index in [9.17, 15) is 18.0 Å². The van der Waals surface area contributed by atoms with E-state index in [4.69, 9.17) is 11.6 Å². The second-order valence-electron chi connectivity index (χ2n) is 7.54. The van der Waals surface area contributed by atoms with Gasteiger partial charge in [-0.25, -0.2) is 0 Å². The molecule has 1 atom stereocenters. The minimum Gasteiger partial charge on any atom is -0.338 e. The van der Waals surface area contributed by atoms with E-state index in [1.165, 1.54) is 6.92 Å². The number of halogens is 4. The maximum Gasteiger partial charge on any atom is 0.436 e. The summed E-state index contributed by atoms with van der Waals surface area (Å²) in [5, 5.41) is 7.48. The summed E-state index contributed by atoms with van der Waals surface area (Å²) in [5.41, 5.74) is 1.27. The van der Waals surface area contributed by atoms with Crippen LogP contribution in [-0.4, -0.2) is 61.4 Å². The SMILES string of the molecule is CCn1ncc(CN2CCN(C(=O)[C@@H](C)n3nc(C(F)(F)F)c(Cl)c3C)CC2)c1C. The van der Waals surface area contributed by atoms with E-state index >= 15 is 0 Å². The van der Waals surface area contributed by atoms with E-state index in [-0.39, 0.29) is 11.6 Å². The van der Waals surface area contributed by atoms with Crippen LogP contribution in [0.5, 0.6) is 0 Å². The number of carbonyl (C=O) groups excluding carboxylic acids is 1. The van der Waals surface area contributed by atoms with Gasteiger partial charge in [0.05, 0.1) is 16.9 Å². The third kappa shape index (κ3) is 4.34. The van der Waals surface area contributed by atoms with E-state index in [1.807, 2.05) is 24.7 Å². The van der Waals surface area contributed by atoms with Crippen molar-refractivity contribution in [3.8, 4) is 0 Å². The Labute approximate surface area is 178 Å². The number of nitrogens with zero attached hydrogens (tertiary/aromatic N) is 6. The zero-order chi connectivity index (χ0) is 22.2. The zero-order valence-corrected chi connectivity index (χ0v) is 18.3. The van der Waals surface area contributed by atoms with Crippen molar-refractivity contribution in [2.45, 2.75) is 53.0 Å². The van der Waals surface area contributed by atoms with Crippen LogP contribution < -0.4 is 0 Å². The van der Waals surface area contributed by atoms with Crippen LogP contribution in [0.25, 0.3) is 0 Å². The lowest BCUT2D eigenvalue weighted by Gasteiger charge is -2.36. The Kier molecular flexibility index (Phi) is 6.47. The summed E-state index contributed by atoms with van der Waals surface area (Å²) < 4.78 is 42.2. The lowest BCUT2D eigenvalue weighted by molar-refractivity contribution is -0.142. The quantitative estimate of drug-likeness (QED) is 0.707. The highest BCUT2D eigenvalue weighted by Gasteiger charge is 2.39. The van der Waals surface area contributed by atoms with Gasteiger partial charge in [-0.2, -0.15) is 23.4 Å². The predicted octanol–water partition coefficient (Wildman–Crippen LogP) is 3.29. The smallest absolute Gasteiger partial charge is 0.338 e. The van der Waals surface area contributed by atoms with Crippen molar-refractivity contribution in [2.75, 3.05) is 26.2 Å². The summed E-state index contributed by atoms with van der Waals surface area (Å²) in [6.07, 6.45) is -2.79. The maximum absolute atomic E-state index is 13.1. The number of rotatable bonds is 5. The fourth-order valence-corrected chi connectivity index (χ4v) is 3.98. The summed E-state index contributed by atoms with van der Waals surface area (Å²) in [6.45, 7) is 11.0. The first-order valence-electron chi connectivity index (χ1n) is 9.88. The Morgan fingerprint density at radius 2 is 1.83 bits per heavy atom. The van der Waals surface area contributed by atoms with Gasteiger partial charge >= 0.3 is 6.18 Å². The topological polar surface area (TPSA) is 59.2 Å². The number of piperazine rings is 1. The molecule has 3 rings (SSSR count). The minimum atomic E-state index is -4.66. The number of aryl methyl sites for hydroxylation is 1. The Morgan fingerprint density at radius 1 is 1.20 bits per heavy atom. The summed E-state index contributed by atoms with van der Waals surface area (Å²) in [6, 6.07) is -0.866. The molecule has 0 aromatic carbocycles. The van der Waals surface area contributed by atoms with Gasteiger partial charge in [-0.05, 0) is 27.7 Å². The summed E-state index contributed by atoms with van der Waals surface area (Å²) >= 11 is 5.81. The summed E-state index contributed by atoms with van der Waals surface area (Å²) in [4.78, 5) is 16.8. The van der Waals surface area contributed by atoms with Gasteiger partial charge in [-0.1, -0.05) is 11.6 Å². The van der Waals surface area contributed by atoms with E-state index in [2.05, 4.69) is 15.1 Å². The van der Waals surface area contributed by atoms with Gasteiger partial charge in [0.1, 0.15) is 6.04 Å². The van der Waals surface area contributed by atoms with Crippen LogP contribution in [0.4, 0.5) is 13.2 Å². The van der Waals surface area contributed by atoms with Gasteiger partial charge in [0.2, 0.25) is 5.91 Å². The molecule has 0 bridgehead atoms. The molecule has 1 aliphatic rings. The Hall–Kier alpha value is -2.07. The van der Waals surface area contributed by atoms with Crippen LogP contribution in [0.3, 0.4) is 0 Å². The Morgan fingerprint density at radius 3 is 2.33 bits per heavy atom. The van der Waals surface area contributed by atoms with Crippen molar-refractivity contribution in [1.82, 2.24) is 29.4 Å². The molecule has 3 heterocycles. The molecular formula is C19H26ClF3N6O. The first-order chi connectivity index (χ1) is 14.0. The molecule has 1 fully saturated rings. The molecule has 166 valence electrons. The molecule has 1 saturated heterocycles. The maximum atomic E-state index is 13.1. The predicted molar refractivity (Wildman–Crippen MR) is 106 cm³/mol. The van der Waals surface area contributed by atoms with Gasteiger partial charge in [0.15, 0.2) is 5.69 Å². The molecule has 7 nitrogen and oxygen atoms in total. The second-order valence-corrected chi connectivity index (χ2v) is 7.92. The first-order valence-corrected chi connectivity index (χ1v) is 10.3. The van der Waals surface area contributed by atoms with Crippen LogP contribution in [-0.2, 0) is 24.1 Å². The Balaban J connectivity index is 1.63. The van der Waals surface area contributed by atoms with Crippen LogP contribution in [0.1, 0.15) is 42.5 Å². The number of aromatic nitrogens is 4. The van der Waals surface area contributed by atoms with Crippen molar-refractivity contribution < 1.29 is 18.0 Å². The largest absolute Gasteiger partial charge is 0.436 e. The van der Waals surface area contributed by atoms with Crippen molar-refractivity contribution in [3.63, 3.8) is 0 Å². The third-order valence-electron chi connectivity index (χ3n) is 5.65. The van der Waals surface area contributed by atoms with Crippen LogP contribution >= 0.6 is 11.6 Å².